The summed E-state index contributed by atoms with van der Waals surface area (Å²) in [6.45, 7) is 4.07. The number of hydrogen-bond donors (Lipinski definition) is 1. The second-order valence-electron chi connectivity index (χ2n) is 6.65. The molecule has 2 heterocycles. The topological polar surface area (TPSA) is 79.6 Å². The van der Waals surface area contributed by atoms with Crippen LogP contribution in [0.3, 0.4) is 0 Å². The predicted molar refractivity (Wildman–Crippen MR) is 99.7 cm³/mol. The first kappa shape index (κ1) is 18.7. The molecule has 3 rings (SSSR count). The summed E-state index contributed by atoms with van der Waals surface area (Å²) in [4.78, 5) is 14.7. The number of hydrogen-bond acceptors (Lipinski definition) is 5. The monoisotopic (exact) mass is 376 g/mol. The van der Waals surface area contributed by atoms with Gasteiger partial charge in [0.1, 0.15) is 11.5 Å². The molecule has 0 aliphatic carbocycles. The molecule has 26 heavy (non-hydrogen) atoms. The fourth-order valence-electron chi connectivity index (χ4n) is 3.19. The molecule has 0 spiro atoms. The summed E-state index contributed by atoms with van der Waals surface area (Å²) in [5.41, 5.74) is 2.33. The van der Waals surface area contributed by atoms with Crippen LogP contribution in [0.4, 0.5) is 0 Å². The number of sulfone groups is 1. The zero-order valence-corrected chi connectivity index (χ0v) is 15.9. The zero-order chi connectivity index (χ0) is 18.7. The Balaban J connectivity index is 1.81. The maximum Gasteiger partial charge on any atom is 0.290 e. The molecule has 0 bridgehead atoms. The summed E-state index contributed by atoms with van der Waals surface area (Å²) >= 11 is 0. The smallest absolute Gasteiger partial charge is 0.290 e. The second kappa shape index (κ2) is 7.63. The normalized spacial score (nSPS) is 18.1. The number of nitrogens with zero attached hydrogens (tertiary/aromatic N) is 1. The lowest BCUT2D eigenvalue weighted by Gasteiger charge is -2.36. The van der Waals surface area contributed by atoms with Gasteiger partial charge in [-0.1, -0.05) is 31.2 Å². The molecular weight excluding hydrogens is 352 g/mol. The summed E-state index contributed by atoms with van der Waals surface area (Å²) in [7, 11) is -3.20. The summed E-state index contributed by atoms with van der Waals surface area (Å²) in [5, 5.41) is 3.33. The number of amides is 1. The van der Waals surface area contributed by atoms with E-state index in [2.05, 4.69) is 36.5 Å². The van der Waals surface area contributed by atoms with Crippen molar-refractivity contribution in [3.63, 3.8) is 0 Å². The fourth-order valence-corrected chi connectivity index (χ4v) is 3.86. The van der Waals surface area contributed by atoms with E-state index in [9.17, 15) is 13.2 Å². The van der Waals surface area contributed by atoms with E-state index in [0.717, 1.165) is 18.2 Å². The van der Waals surface area contributed by atoms with Gasteiger partial charge in [-0.3, -0.25) is 4.79 Å². The number of carbonyl (C=O) groups excluding carboxylic acids is 1. The number of rotatable bonds is 5. The quantitative estimate of drug-likeness (QED) is 0.865. The van der Waals surface area contributed by atoms with Crippen LogP contribution in [0.2, 0.25) is 0 Å². The van der Waals surface area contributed by atoms with Crippen LogP contribution < -0.4 is 5.32 Å². The van der Waals surface area contributed by atoms with Gasteiger partial charge >= 0.3 is 0 Å². The Labute approximate surface area is 154 Å². The number of furan rings is 1. The van der Waals surface area contributed by atoms with Gasteiger partial charge in [0.2, 0.25) is 0 Å². The Morgan fingerprint density at radius 1 is 1.23 bits per heavy atom. The summed E-state index contributed by atoms with van der Waals surface area (Å²) in [6, 6.07) is 11.3. The lowest BCUT2D eigenvalue weighted by molar-refractivity contribution is 0.0600. The van der Waals surface area contributed by atoms with Crippen LogP contribution in [-0.2, 0) is 22.0 Å². The maximum atomic E-state index is 12.9. The van der Waals surface area contributed by atoms with Crippen LogP contribution >= 0.6 is 0 Å². The van der Waals surface area contributed by atoms with Gasteiger partial charge < -0.3 is 14.6 Å². The molecule has 140 valence electrons. The van der Waals surface area contributed by atoms with Gasteiger partial charge in [0, 0.05) is 25.9 Å². The molecule has 0 saturated carbocycles. The molecule has 1 saturated heterocycles. The third kappa shape index (κ3) is 4.34. The van der Waals surface area contributed by atoms with Gasteiger partial charge in [-0.05, 0) is 29.7 Å². The van der Waals surface area contributed by atoms with Crippen molar-refractivity contribution in [3.8, 4) is 0 Å². The summed E-state index contributed by atoms with van der Waals surface area (Å²) in [6.07, 6.45) is 2.12. The number of aryl methyl sites for hydroxylation is 1. The summed E-state index contributed by atoms with van der Waals surface area (Å²) < 4.78 is 28.3. The Morgan fingerprint density at radius 3 is 2.62 bits per heavy atom. The van der Waals surface area contributed by atoms with Crippen LogP contribution in [-0.4, -0.2) is 45.1 Å². The van der Waals surface area contributed by atoms with Crippen LogP contribution in [0, 0.1) is 0 Å². The standard InChI is InChI=1S/C19H24N2O4S/c1-3-14-4-6-15(7-5-14)17-12-20-10-11-21(17)19(22)18-9-8-16(25-18)13-26(2,23)24/h4-9,17,20H,3,10-13H2,1-2H3. The molecule has 1 amide bonds. The van der Waals surface area contributed by atoms with E-state index in [-0.39, 0.29) is 29.2 Å². The number of benzene rings is 1. The van der Waals surface area contributed by atoms with Crippen LogP contribution in [0.25, 0.3) is 0 Å². The lowest BCUT2D eigenvalue weighted by Crippen LogP contribution is -2.48. The first-order valence-corrected chi connectivity index (χ1v) is 10.8. The third-order valence-corrected chi connectivity index (χ3v) is 5.36. The van der Waals surface area contributed by atoms with Crippen molar-refractivity contribution in [1.82, 2.24) is 10.2 Å². The SMILES string of the molecule is CCc1ccc(C2CNCCN2C(=O)c2ccc(CS(C)(=O)=O)o2)cc1. The van der Waals surface area contributed by atoms with Crippen molar-refractivity contribution in [3.05, 3.63) is 59.0 Å². The van der Waals surface area contributed by atoms with Crippen LogP contribution in [0.5, 0.6) is 0 Å². The van der Waals surface area contributed by atoms with E-state index in [1.165, 1.54) is 5.56 Å². The van der Waals surface area contributed by atoms with E-state index in [4.69, 9.17) is 4.42 Å². The highest BCUT2D eigenvalue weighted by Gasteiger charge is 2.30. The minimum Gasteiger partial charge on any atom is -0.455 e. The van der Waals surface area contributed by atoms with E-state index in [1.54, 1.807) is 17.0 Å². The van der Waals surface area contributed by atoms with Crippen molar-refractivity contribution >= 4 is 15.7 Å². The van der Waals surface area contributed by atoms with Crippen molar-refractivity contribution in [2.45, 2.75) is 25.1 Å². The molecule has 1 atom stereocenters. The highest BCUT2D eigenvalue weighted by Crippen LogP contribution is 2.25. The Hall–Kier alpha value is -2.12. The molecule has 1 aromatic carbocycles. The largest absolute Gasteiger partial charge is 0.455 e. The predicted octanol–water partition coefficient (Wildman–Crippen LogP) is 2.17. The molecule has 0 radical (unpaired) electrons. The van der Waals surface area contributed by atoms with Gasteiger partial charge in [-0.15, -0.1) is 0 Å². The van der Waals surface area contributed by atoms with Crippen molar-refractivity contribution in [1.29, 1.82) is 0 Å². The minimum absolute atomic E-state index is 0.0781. The first-order valence-electron chi connectivity index (χ1n) is 8.74. The Bertz CT molecular complexity index is 871. The van der Waals surface area contributed by atoms with E-state index in [1.807, 2.05) is 0 Å². The van der Waals surface area contributed by atoms with Gasteiger partial charge in [0.15, 0.2) is 15.6 Å². The molecular formula is C19H24N2O4S. The number of piperazine rings is 1. The number of nitrogens with one attached hydrogen (secondary N) is 1. The summed E-state index contributed by atoms with van der Waals surface area (Å²) in [5.74, 6) is 0.0513. The molecule has 1 aromatic heterocycles. The van der Waals surface area contributed by atoms with Crippen molar-refractivity contribution in [2.24, 2.45) is 0 Å². The Kier molecular flexibility index (Phi) is 5.48. The average molecular weight is 376 g/mol. The van der Waals surface area contributed by atoms with Crippen molar-refractivity contribution in [2.75, 3.05) is 25.9 Å². The molecule has 1 fully saturated rings. The molecule has 1 aliphatic heterocycles. The third-order valence-electron chi connectivity index (χ3n) is 4.55. The second-order valence-corrected chi connectivity index (χ2v) is 8.79. The zero-order valence-electron chi connectivity index (χ0n) is 15.1. The molecule has 2 aromatic rings. The first-order chi connectivity index (χ1) is 12.4. The Morgan fingerprint density at radius 2 is 1.96 bits per heavy atom. The highest BCUT2D eigenvalue weighted by molar-refractivity contribution is 7.89. The van der Waals surface area contributed by atoms with Crippen LogP contribution in [0.15, 0.2) is 40.8 Å². The number of carbonyl (C=O) groups is 1. The van der Waals surface area contributed by atoms with Gasteiger partial charge in [-0.25, -0.2) is 8.42 Å². The van der Waals surface area contributed by atoms with Crippen molar-refractivity contribution < 1.29 is 17.6 Å². The molecule has 1 unspecified atom stereocenters. The van der Waals surface area contributed by atoms with Gasteiger partial charge in [0.25, 0.3) is 5.91 Å². The van der Waals surface area contributed by atoms with E-state index < -0.39 is 9.84 Å². The molecule has 1 N–H and O–H groups in total. The minimum atomic E-state index is -3.20. The van der Waals surface area contributed by atoms with E-state index in [0.29, 0.717) is 19.6 Å². The average Bonchev–Trinajstić information content (AvgIpc) is 3.08. The fraction of sp³-hybridized carbons (Fsp3) is 0.421. The van der Waals surface area contributed by atoms with Crippen LogP contribution in [0.1, 0.15) is 40.4 Å². The molecule has 6 nitrogen and oxygen atoms in total. The highest BCUT2D eigenvalue weighted by atomic mass is 32.2. The van der Waals surface area contributed by atoms with Gasteiger partial charge in [-0.2, -0.15) is 0 Å². The maximum absolute atomic E-state index is 12.9. The van der Waals surface area contributed by atoms with E-state index >= 15 is 0 Å². The molecule has 1 aliphatic rings. The lowest BCUT2D eigenvalue weighted by atomic mass is 10.0. The molecule has 7 heteroatoms. The van der Waals surface area contributed by atoms with Gasteiger partial charge in [0.05, 0.1) is 6.04 Å².